The van der Waals surface area contributed by atoms with Gasteiger partial charge in [-0.05, 0) is 36.1 Å². The molecule has 210 valence electrons. The zero-order chi connectivity index (χ0) is 28.8. The minimum Gasteiger partial charge on any atom is -0.493 e. The van der Waals surface area contributed by atoms with Gasteiger partial charge in [0.2, 0.25) is 0 Å². The molecule has 1 aliphatic rings. The van der Waals surface area contributed by atoms with E-state index < -0.39 is 12.0 Å². The third-order valence-corrected chi connectivity index (χ3v) is 7.53. The van der Waals surface area contributed by atoms with Gasteiger partial charge in [-0.1, -0.05) is 74.2 Å². The van der Waals surface area contributed by atoms with Gasteiger partial charge in [-0.3, -0.25) is 9.36 Å². The van der Waals surface area contributed by atoms with E-state index in [9.17, 15) is 9.59 Å². The van der Waals surface area contributed by atoms with Gasteiger partial charge in [-0.15, -0.1) is 0 Å². The lowest BCUT2D eigenvalue weighted by Crippen LogP contribution is -2.40. The summed E-state index contributed by atoms with van der Waals surface area (Å²) < 4.78 is 23.9. The molecule has 0 N–H and O–H groups in total. The first-order valence-electron chi connectivity index (χ1n) is 13.0. The van der Waals surface area contributed by atoms with Crippen LogP contribution in [0.25, 0.3) is 6.08 Å². The van der Waals surface area contributed by atoms with Crippen LogP contribution < -0.4 is 24.4 Å². The second-order valence-electron chi connectivity index (χ2n) is 9.51. The molecule has 2 aromatic carbocycles. The summed E-state index contributed by atoms with van der Waals surface area (Å²) in [6.45, 7) is 10.4. The molecule has 8 nitrogen and oxygen atoms in total. The van der Waals surface area contributed by atoms with Crippen LogP contribution in [-0.2, 0) is 14.3 Å². The van der Waals surface area contributed by atoms with Gasteiger partial charge in [0.15, 0.2) is 16.3 Å². The first-order chi connectivity index (χ1) is 19.3. The second-order valence-corrected chi connectivity index (χ2v) is 10.5. The first-order valence-corrected chi connectivity index (χ1v) is 13.8. The van der Waals surface area contributed by atoms with Gasteiger partial charge >= 0.3 is 5.97 Å². The van der Waals surface area contributed by atoms with E-state index >= 15 is 0 Å². The Morgan fingerprint density at radius 1 is 1.15 bits per heavy atom. The van der Waals surface area contributed by atoms with Crippen LogP contribution in [0.4, 0.5) is 0 Å². The quantitative estimate of drug-likeness (QED) is 0.199. The van der Waals surface area contributed by atoms with Gasteiger partial charge in [0.1, 0.15) is 13.2 Å². The summed E-state index contributed by atoms with van der Waals surface area (Å²) in [6, 6.07) is 12.8. The van der Waals surface area contributed by atoms with Crippen LogP contribution in [0.2, 0.25) is 0 Å². The number of ether oxygens (including phenoxy) is 4. The molecule has 1 aromatic heterocycles. The molecule has 2 heterocycles. The average Bonchev–Trinajstić information content (AvgIpc) is 3.25. The van der Waals surface area contributed by atoms with E-state index in [4.69, 9.17) is 18.9 Å². The number of hydrogen-bond acceptors (Lipinski definition) is 8. The van der Waals surface area contributed by atoms with E-state index in [0.29, 0.717) is 43.6 Å². The lowest BCUT2D eigenvalue weighted by Gasteiger charge is -2.25. The largest absolute Gasteiger partial charge is 0.493 e. The molecule has 1 atom stereocenters. The SMILES string of the molecule is C=CCOc1c(C=c2sc3n(c2=O)C(c2ccc(C(C)C)cc2)C(C(=O)OCCOC)=C(C)N=3)cccc1OC. The molecule has 0 fully saturated rings. The molecule has 0 amide bonds. The molecule has 1 aliphatic heterocycles. The number of allylic oxidation sites excluding steroid dienone is 1. The number of esters is 1. The molecular formula is C31H34N2O6S. The lowest BCUT2D eigenvalue weighted by molar-refractivity contribution is -0.140. The minimum absolute atomic E-state index is 0.0961. The number of hydrogen-bond donors (Lipinski definition) is 0. The Morgan fingerprint density at radius 2 is 1.90 bits per heavy atom. The maximum atomic E-state index is 14.0. The third kappa shape index (κ3) is 5.95. The number of carbonyl (C=O) groups excluding carboxylic acids is 1. The fraction of sp³-hybridized carbons (Fsp3) is 0.323. The summed E-state index contributed by atoms with van der Waals surface area (Å²) >= 11 is 1.25. The number of carbonyl (C=O) groups is 1. The van der Waals surface area contributed by atoms with Gasteiger partial charge in [0.05, 0.1) is 35.6 Å². The van der Waals surface area contributed by atoms with Crippen LogP contribution in [0.15, 0.2) is 76.2 Å². The van der Waals surface area contributed by atoms with E-state index in [1.54, 1.807) is 43.9 Å². The van der Waals surface area contributed by atoms with Crippen molar-refractivity contribution >= 4 is 23.4 Å². The molecule has 9 heteroatoms. The van der Waals surface area contributed by atoms with E-state index in [0.717, 1.165) is 11.1 Å². The summed E-state index contributed by atoms with van der Waals surface area (Å²) in [5.41, 5.74) is 3.19. The van der Waals surface area contributed by atoms with Crippen molar-refractivity contribution in [1.29, 1.82) is 0 Å². The summed E-state index contributed by atoms with van der Waals surface area (Å²) in [6.07, 6.45) is 3.41. The van der Waals surface area contributed by atoms with E-state index in [2.05, 4.69) is 25.4 Å². The fourth-order valence-corrected chi connectivity index (χ4v) is 5.54. The highest BCUT2D eigenvalue weighted by atomic mass is 32.1. The molecule has 40 heavy (non-hydrogen) atoms. The predicted molar refractivity (Wildman–Crippen MR) is 156 cm³/mol. The van der Waals surface area contributed by atoms with Crippen molar-refractivity contribution in [3.63, 3.8) is 0 Å². The summed E-state index contributed by atoms with van der Waals surface area (Å²) in [7, 11) is 3.10. The highest BCUT2D eigenvalue weighted by Gasteiger charge is 2.33. The summed E-state index contributed by atoms with van der Waals surface area (Å²) in [4.78, 5) is 32.5. The Balaban J connectivity index is 1.90. The highest BCUT2D eigenvalue weighted by molar-refractivity contribution is 7.07. The van der Waals surface area contributed by atoms with Crippen LogP contribution in [0, 0.1) is 0 Å². The zero-order valence-corrected chi connectivity index (χ0v) is 24.2. The Kier molecular flexibility index (Phi) is 9.39. The lowest BCUT2D eigenvalue weighted by atomic mass is 9.93. The van der Waals surface area contributed by atoms with Crippen molar-refractivity contribution in [1.82, 2.24) is 4.57 Å². The van der Waals surface area contributed by atoms with Crippen LogP contribution in [-0.4, -0.2) is 44.6 Å². The molecule has 0 bridgehead atoms. The number of thiazole rings is 1. The Bertz CT molecular complexity index is 1600. The Morgan fingerprint density at radius 3 is 2.55 bits per heavy atom. The zero-order valence-electron chi connectivity index (χ0n) is 23.4. The molecule has 0 saturated carbocycles. The van der Waals surface area contributed by atoms with Crippen molar-refractivity contribution in [3.8, 4) is 11.5 Å². The number of rotatable bonds is 11. The molecular weight excluding hydrogens is 528 g/mol. The van der Waals surface area contributed by atoms with Crippen molar-refractivity contribution in [3.05, 3.63) is 103 Å². The maximum absolute atomic E-state index is 14.0. The van der Waals surface area contributed by atoms with Crippen LogP contribution in [0.5, 0.6) is 11.5 Å². The highest BCUT2D eigenvalue weighted by Crippen LogP contribution is 2.33. The van der Waals surface area contributed by atoms with E-state index in [1.807, 2.05) is 36.4 Å². The molecule has 0 saturated heterocycles. The number of para-hydroxylation sites is 1. The number of methoxy groups -OCH3 is 2. The maximum Gasteiger partial charge on any atom is 0.338 e. The normalized spacial score (nSPS) is 15.1. The average molecular weight is 563 g/mol. The van der Waals surface area contributed by atoms with Crippen LogP contribution in [0.3, 0.4) is 0 Å². The van der Waals surface area contributed by atoms with Gasteiger partial charge in [-0.2, -0.15) is 0 Å². The molecule has 0 aliphatic carbocycles. The smallest absolute Gasteiger partial charge is 0.338 e. The number of aromatic nitrogens is 1. The number of fused-ring (bicyclic) bond motifs is 1. The summed E-state index contributed by atoms with van der Waals surface area (Å²) in [5, 5.41) is 0. The van der Waals surface area contributed by atoms with Crippen molar-refractivity contribution in [2.75, 3.05) is 34.0 Å². The first kappa shape index (κ1) is 29.0. The molecule has 3 aromatic rings. The molecule has 4 rings (SSSR count). The van der Waals surface area contributed by atoms with Crippen molar-refractivity contribution in [2.45, 2.75) is 32.7 Å². The van der Waals surface area contributed by atoms with E-state index in [1.165, 1.54) is 11.3 Å². The van der Waals surface area contributed by atoms with Crippen molar-refractivity contribution < 1.29 is 23.7 Å². The van der Waals surface area contributed by atoms with Crippen LogP contribution >= 0.6 is 11.3 Å². The van der Waals surface area contributed by atoms with Gasteiger partial charge < -0.3 is 18.9 Å². The van der Waals surface area contributed by atoms with E-state index in [-0.39, 0.29) is 25.4 Å². The Labute approximate surface area is 237 Å². The summed E-state index contributed by atoms with van der Waals surface area (Å²) in [5.74, 6) is 0.865. The minimum atomic E-state index is -0.698. The monoisotopic (exact) mass is 562 g/mol. The van der Waals surface area contributed by atoms with Gasteiger partial charge in [-0.25, -0.2) is 9.79 Å². The number of nitrogens with zero attached hydrogens (tertiary/aromatic N) is 2. The van der Waals surface area contributed by atoms with Crippen LogP contribution in [0.1, 0.15) is 49.4 Å². The topological polar surface area (TPSA) is 88.4 Å². The number of benzene rings is 2. The Hall–Kier alpha value is -3.95. The molecule has 0 spiro atoms. The van der Waals surface area contributed by atoms with Gasteiger partial charge in [0, 0.05) is 12.7 Å². The van der Waals surface area contributed by atoms with Gasteiger partial charge in [0.25, 0.3) is 5.56 Å². The molecule has 0 radical (unpaired) electrons. The standard InChI is InChI=1S/C31H34N2O6S/c1-7-15-38-28-23(9-8-10-24(28)37-6)18-25-29(34)33-27(22-13-11-21(12-14-22)19(2)3)26(20(4)32-31(33)40-25)30(35)39-17-16-36-5/h7-14,18-19,27H,1,15-17H2,2-6H3. The predicted octanol–water partition coefficient (Wildman–Crippen LogP) is 4.12. The third-order valence-electron chi connectivity index (χ3n) is 6.54. The molecule has 1 unspecified atom stereocenters. The van der Waals surface area contributed by atoms with Crippen molar-refractivity contribution in [2.24, 2.45) is 4.99 Å². The second kappa shape index (κ2) is 12.9. The fourth-order valence-electron chi connectivity index (χ4n) is 4.50.